The van der Waals surface area contributed by atoms with E-state index in [9.17, 15) is 4.79 Å². The van der Waals surface area contributed by atoms with Crippen molar-refractivity contribution in [2.24, 2.45) is 0 Å². The number of pyridine rings is 1. The Balaban J connectivity index is 3.14. The van der Waals surface area contributed by atoms with Crippen LogP contribution < -0.4 is 5.56 Å². The number of hydrogen-bond acceptors (Lipinski definition) is 2. The molecule has 1 aromatic rings. The number of methoxy groups -OCH3 is 1. The molecular weight excluding hydrogens is 178 g/mol. The lowest BCUT2D eigenvalue weighted by molar-refractivity contribution is 0.183. The van der Waals surface area contributed by atoms with E-state index in [4.69, 9.17) is 16.3 Å². The number of ether oxygens (including phenoxy) is 1. The highest BCUT2D eigenvalue weighted by atomic mass is 35.5. The van der Waals surface area contributed by atoms with Crippen LogP contribution in [-0.4, -0.2) is 12.1 Å². The minimum absolute atomic E-state index is 0.140. The number of H-pyrrole nitrogens is 1. The highest BCUT2D eigenvalue weighted by Crippen LogP contribution is 2.11. The lowest BCUT2D eigenvalue weighted by Crippen LogP contribution is -2.14. The number of halogens is 1. The van der Waals surface area contributed by atoms with Gasteiger partial charge in [0.15, 0.2) is 0 Å². The normalized spacial score (nSPS) is 10.2. The van der Waals surface area contributed by atoms with E-state index in [-0.39, 0.29) is 12.2 Å². The molecule has 1 heterocycles. The van der Waals surface area contributed by atoms with Crippen molar-refractivity contribution in [3.8, 4) is 0 Å². The summed E-state index contributed by atoms with van der Waals surface area (Å²) >= 11 is 5.80. The fourth-order valence-electron chi connectivity index (χ4n) is 0.900. The van der Waals surface area contributed by atoms with Crippen molar-refractivity contribution in [3.05, 3.63) is 32.7 Å². The molecule has 0 fully saturated rings. The second-order valence-corrected chi connectivity index (χ2v) is 2.94. The van der Waals surface area contributed by atoms with Crippen molar-refractivity contribution in [3.63, 3.8) is 0 Å². The molecule has 0 unspecified atom stereocenters. The monoisotopic (exact) mass is 187 g/mol. The van der Waals surface area contributed by atoms with Crippen LogP contribution in [0.2, 0.25) is 5.02 Å². The minimum atomic E-state index is -0.140. The van der Waals surface area contributed by atoms with Gasteiger partial charge < -0.3 is 9.72 Å². The molecule has 0 aliphatic heterocycles. The first-order valence-corrected chi connectivity index (χ1v) is 3.90. The van der Waals surface area contributed by atoms with E-state index < -0.39 is 0 Å². The van der Waals surface area contributed by atoms with Crippen LogP contribution in [0.1, 0.15) is 11.3 Å². The number of rotatable bonds is 2. The van der Waals surface area contributed by atoms with E-state index in [2.05, 4.69) is 4.98 Å². The summed E-state index contributed by atoms with van der Waals surface area (Å²) in [6, 6.07) is 1.62. The molecule has 0 saturated carbocycles. The average Bonchev–Trinajstić information content (AvgIpc) is 2.01. The minimum Gasteiger partial charge on any atom is -0.380 e. The molecule has 0 atom stereocenters. The SMILES string of the molecule is COCc1cc(Cl)c(C)[nH]c1=O. The van der Waals surface area contributed by atoms with Crippen LogP contribution in [0.3, 0.4) is 0 Å². The maximum Gasteiger partial charge on any atom is 0.253 e. The molecule has 66 valence electrons. The maximum atomic E-state index is 11.2. The van der Waals surface area contributed by atoms with Gasteiger partial charge in [-0.3, -0.25) is 4.79 Å². The first kappa shape index (κ1) is 9.29. The molecule has 0 bridgehead atoms. The Bertz CT molecular complexity index is 332. The zero-order valence-electron chi connectivity index (χ0n) is 6.98. The van der Waals surface area contributed by atoms with Gasteiger partial charge >= 0.3 is 0 Å². The van der Waals surface area contributed by atoms with Gasteiger partial charge in [-0.25, -0.2) is 0 Å². The molecular formula is C8H10ClNO2. The Morgan fingerprint density at radius 3 is 2.92 bits per heavy atom. The van der Waals surface area contributed by atoms with Crippen molar-refractivity contribution in [1.82, 2.24) is 4.98 Å². The third-order valence-corrected chi connectivity index (χ3v) is 1.94. The summed E-state index contributed by atoms with van der Waals surface area (Å²) in [5.74, 6) is 0. The fourth-order valence-corrected chi connectivity index (χ4v) is 1.08. The Hall–Kier alpha value is -0.800. The average molecular weight is 188 g/mol. The molecule has 4 heteroatoms. The largest absolute Gasteiger partial charge is 0.380 e. The third-order valence-electron chi connectivity index (χ3n) is 1.55. The van der Waals surface area contributed by atoms with E-state index in [1.165, 1.54) is 7.11 Å². The molecule has 1 rings (SSSR count). The maximum absolute atomic E-state index is 11.2. The van der Waals surface area contributed by atoms with Gasteiger partial charge in [0.1, 0.15) is 0 Å². The summed E-state index contributed by atoms with van der Waals surface area (Å²) in [5.41, 5.74) is 1.09. The van der Waals surface area contributed by atoms with Crippen LogP contribution in [0, 0.1) is 6.92 Å². The molecule has 0 spiro atoms. The Kier molecular flexibility index (Phi) is 2.89. The van der Waals surface area contributed by atoms with Gasteiger partial charge in [-0.05, 0) is 13.0 Å². The standard InChI is InChI=1S/C8H10ClNO2/c1-5-7(9)3-6(4-12-2)8(11)10-5/h3H,4H2,1-2H3,(H,10,11). The predicted molar refractivity (Wildman–Crippen MR) is 47.5 cm³/mol. The molecule has 1 N–H and O–H groups in total. The summed E-state index contributed by atoms with van der Waals surface area (Å²) < 4.78 is 4.82. The first-order chi connectivity index (χ1) is 5.65. The lowest BCUT2D eigenvalue weighted by atomic mass is 10.2. The number of hydrogen-bond donors (Lipinski definition) is 1. The molecule has 0 amide bonds. The number of aromatic nitrogens is 1. The topological polar surface area (TPSA) is 42.1 Å². The van der Waals surface area contributed by atoms with E-state index in [1.54, 1.807) is 13.0 Å². The summed E-state index contributed by atoms with van der Waals surface area (Å²) in [6.07, 6.45) is 0. The van der Waals surface area contributed by atoms with Crippen molar-refractivity contribution in [2.75, 3.05) is 7.11 Å². The summed E-state index contributed by atoms with van der Waals surface area (Å²) in [5, 5.41) is 0.557. The van der Waals surface area contributed by atoms with Gasteiger partial charge in [0.05, 0.1) is 11.6 Å². The second kappa shape index (κ2) is 3.74. The highest BCUT2D eigenvalue weighted by molar-refractivity contribution is 6.31. The zero-order valence-corrected chi connectivity index (χ0v) is 7.73. The fraction of sp³-hybridized carbons (Fsp3) is 0.375. The molecule has 0 saturated heterocycles. The van der Waals surface area contributed by atoms with Crippen LogP contribution in [0.5, 0.6) is 0 Å². The van der Waals surface area contributed by atoms with Gasteiger partial charge in [-0.1, -0.05) is 11.6 Å². The molecule has 0 radical (unpaired) electrons. The van der Waals surface area contributed by atoms with Crippen LogP contribution in [0.15, 0.2) is 10.9 Å². The number of nitrogens with one attached hydrogen (secondary N) is 1. The predicted octanol–water partition coefficient (Wildman–Crippen LogP) is 1.48. The molecule has 1 aromatic heterocycles. The Morgan fingerprint density at radius 1 is 1.67 bits per heavy atom. The number of aromatic amines is 1. The molecule has 12 heavy (non-hydrogen) atoms. The smallest absolute Gasteiger partial charge is 0.253 e. The van der Waals surface area contributed by atoms with Crippen LogP contribution in [-0.2, 0) is 11.3 Å². The molecule has 0 aliphatic carbocycles. The van der Waals surface area contributed by atoms with Gasteiger partial charge in [-0.2, -0.15) is 0 Å². The van der Waals surface area contributed by atoms with Crippen LogP contribution >= 0.6 is 11.6 Å². The van der Waals surface area contributed by atoms with Crippen LogP contribution in [0.4, 0.5) is 0 Å². The second-order valence-electron chi connectivity index (χ2n) is 2.53. The summed E-state index contributed by atoms with van der Waals surface area (Å²) in [6.45, 7) is 2.04. The van der Waals surface area contributed by atoms with E-state index in [0.29, 0.717) is 16.3 Å². The molecule has 0 aromatic carbocycles. The number of aryl methyl sites for hydroxylation is 1. The van der Waals surface area contributed by atoms with E-state index >= 15 is 0 Å². The highest BCUT2D eigenvalue weighted by Gasteiger charge is 2.02. The summed E-state index contributed by atoms with van der Waals surface area (Å²) in [4.78, 5) is 13.8. The first-order valence-electron chi connectivity index (χ1n) is 3.52. The Labute approximate surface area is 75.3 Å². The van der Waals surface area contributed by atoms with Gasteiger partial charge in [0.2, 0.25) is 0 Å². The van der Waals surface area contributed by atoms with Crippen molar-refractivity contribution < 1.29 is 4.74 Å². The van der Waals surface area contributed by atoms with Crippen molar-refractivity contribution in [1.29, 1.82) is 0 Å². The Morgan fingerprint density at radius 2 is 2.33 bits per heavy atom. The third kappa shape index (κ3) is 1.87. The quantitative estimate of drug-likeness (QED) is 0.762. The van der Waals surface area contributed by atoms with Gasteiger partial charge in [0, 0.05) is 18.4 Å². The van der Waals surface area contributed by atoms with Gasteiger partial charge in [-0.15, -0.1) is 0 Å². The lowest BCUT2D eigenvalue weighted by Gasteiger charge is -2.01. The van der Waals surface area contributed by atoms with Crippen molar-refractivity contribution in [2.45, 2.75) is 13.5 Å². The van der Waals surface area contributed by atoms with E-state index in [0.717, 1.165) is 0 Å². The van der Waals surface area contributed by atoms with Gasteiger partial charge in [0.25, 0.3) is 5.56 Å². The summed E-state index contributed by atoms with van der Waals surface area (Å²) in [7, 11) is 1.53. The molecule has 3 nitrogen and oxygen atoms in total. The van der Waals surface area contributed by atoms with Crippen LogP contribution in [0.25, 0.3) is 0 Å². The molecule has 0 aliphatic rings. The van der Waals surface area contributed by atoms with Crippen molar-refractivity contribution >= 4 is 11.6 Å². The van der Waals surface area contributed by atoms with E-state index in [1.807, 2.05) is 0 Å². The zero-order chi connectivity index (χ0) is 9.14.